The average molecular weight is 264 g/mol. The van der Waals surface area contributed by atoms with Crippen LogP contribution >= 0.6 is 0 Å². The van der Waals surface area contributed by atoms with Crippen LogP contribution in [0.2, 0.25) is 0 Å². The Balaban J connectivity index is 1.97. The van der Waals surface area contributed by atoms with E-state index in [0.717, 1.165) is 10.8 Å². The maximum Gasteiger partial charge on any atom is 0.257 e. The third kappa shape index (κ3) is 2.29. The predicted molar refractivity (Wildman–Crippen MR) is 78.3 cm³/mol. The number of anilines is 2. The fourth-order valence-electron chi connectivity index (χ4n) is 2.02. The van der Waals surface area contributed by atoms with Gasteiger partial charge in [0, 0.05) is 5.69 Å². The van der Waals surface area contributed by atoms with Crippen LogP contribution in [0, 0.1) is 0 Å². The highest BCUT2D eigenvalue weighted by molar-refractivity contribution is 6.10. The smallest absolute Gasteiger partial charge is 0.257 e. The van der Waals surface area contributed by atoms with Gasteiger partial charge in [0.25, 0.3) is 5.91 Å². The Morgan fingerprint density at radius 1 is 1.05 bits per heavy atom. The number of benzene rings is 2. The summed E-state index contributed by atoms with van der Waals surface area (Å²) in [5.41, 5.74) is 7.36. The van der Waals surface area contributed by atoms with Gasteiger partial charge in [0.15, 0.2) is 0 Å². The molecule has 5 nitrogen and oxygen atoms in total. The molecular formula is C15H12N4O. The molecule has 0 fully saturated rings. The molecule has 2 aromatic carbocycles. The van der Waals surface area contributed by atoms with Crippen molar-refractivity contribution in [2.24, 2.45) is 0 Å². The second kappa shape index (κ2) is 4.97. The predicted octanol–water partition coefficient (Wildman–Crippen LogP) is 2.46. The molecule has 0 aliphatic heterocycles. The summed E-state index contributed by atoms with van der Waals surface area (Å²) in [6, 6.07) is 11.3. The number of rotatable bonds is 2. The average Bonchev–Trinajstić information content (AvgIpc) is 2.47. The lowest BCUT2D eigenvalue weighted by molar-refractivity contribution is 0.102. The number of nitrogens with two attached hydrogens (primary N) is 1. The summed E-state index contributed by atoms with van der Waals surface area (Å²) in [5, 5.41) is 4.69. The summed E-state index contributed by atoms with van der Waals surface area (Å²) >= 11 is 0. The summed E-state index contributed by atoms with van der Waals surface area (Å²) in [6.07, 6.45) is 4.46. The second-order valence-electron chi connectivity index (χ2n) is 4.37. The van der Waals surface area contributed by atoms with Gasteiger partial charge in [-0.1, -0.05) is 24.3 Å². The minimum absolute atomic E-state index is 0.275. The monoisotopic (exact) mass is 264 g/mol. The fourth-order valence-corrected chi connectivity index (χ4v) is 2.02. The van der Waals surface area contributed by atoms with Gasteiger partial charge in [-0.15, -0.1) is 0 Å². The van der Waals surface area contributed by atoms with E-state index in [1.165, 1.54) is 18.7 Å². The molecule has 3 aromatic rings. The van der Waals surface area contributed by atoms with E-state index >= 15 is 0 Å². The maximum atomic E-state index is 12.2. The van der Waals surface area contributed by atoms with Crippen LogP contribution in [0.25, 0.3) is 10.8 Å². The molecule has 0 aliphatic rings. The number of amides is 1. The first kappa shape index (κ1) is 12.1. The first-order chi connectivity index (χ1) is 9.74. The number of hydrogen-bond acceptors (Lipinski definition) is 4. The van der Waals surface area contributed by atoms with Gasteiger partial charge in [0.2, 0.25) is 0 Å². The number of aromatic nitrogens is 2. The standard InChI is InChI=1S/C15H12N4O/c16-14-6-11-4-2-1-3-10(11)5-13(14)15(20)19-12-7-17-9-18-8-12/h1-9H,16H2,(H,19,20). The van der Waals surface area contributed by atoms with Gasteiger partial charge in [-0.3, -0.25) is 4.79 Å². The van der Waals surface area contributed by atoms with E-state index < -0.39 is 0 Å². The molecule has 5 heteroatoms. The lowest BCUT2D eigenvalue weighted by Gasteiger charge is -2.08. The van der Waals surface area contributed by atoms with E-state index in [-0.39, 0.29) is 5.91 Å². The molecule has 0 bridgehead atoms. The van der Waals surface area contributed by atoms with Gasteiger partial charge < -0.3 is 11.1 Å². The highest BCUT2D eigenvalue weighted by Gasteiger charge is 2.11. The normalized spacial score (nSPS) is 10.4. The van der Waals surface area contributed by atoms with Crippen molar-refractivity contribution in [1.82, 2.24) is 9.97 Å². The van der Waals surface area contributed by atoms with Crippen LogP contribution in [0.15, 0.2) is 55.1 Å². The molecule has 1 aromatic heterocycles. The van der Waals surface area contributed by atoms with Gasteiger partial charge in [-0.2, -0.15) is 0 Å². The SMILES string of the molecule is Nc1cc2ccccc2cc1C(=O)Nc1cncnc1. The van der Waals surface area contributed by atoms with E-state index in [0.29, 0.717) is 16.9 Å². The number of nitrogens with zero attached hydrogens (tertiary/aromatic N) is 2. The topological polar surface area (TPSA) is 80.9 Å². The number of hydrogen-bond donors (Lipinski definition) is 2. The van der Waals surface area contributed by atoms with Gasteiger partial charge in [-0.25, -0.2) is 9.97 Å². The third-order valence-corrected chi connectivity index (χ3v) is 2.98. The van der Waals surface area contributed by atoms with E-state index in [1.807, 2.05) is 24.3 Å². The molecule has 0 unspecified atom stereocenters. The summed E-state index contributed by atoms with van der Waals surface area (Å²) in [7, 11) is 0. The zero-order valence-corrected chi connectivity index (χ0v) is 10.6. The molecular weight excluding hydrogens is 252 g/mol. The van der Waals surface area contributed by atoms with Crippen LogP contribution in [-0.4, -0.2) is 15.9 Å². The van der Waals surface area contributed by atoms with E-state index in [1.54, 1.807) is 12.1 Å². The van der Waals surface area contributed by atoms with Crippen molar-refractivity contribution in [3.63, 3.8) is 0 Å². The Hall–Kier alpha value is -2.95. The van der Waals surface area contributed by atoms with Gasteiger partial charge >= 0.3 is 0 Å². The zero-order valence-electron chi connectivity index (χ0n) is 10.6. The lowest BCUT2D eigenvalue weighted by Crippen LogP contribution is -2.14. The first-order valence-electron chi connectivity index (χ1n) is 6.08. The van der Waals surface area contributed by atoms with Crippen LogP contribution in [-0.2, 0) is 0 Å². The summed E-state index contributed by atoms with van der Waals surface area (Å²) in [4.78, 5) is 19.9. The van der Waals surface area contributed by atoms with Crippen LogP contribution in [0.1, 0.15) is 10.4 Å². The molecule has 0 aliphatic carbocycles. The molecule has 0 saturated heterocycles. The molecule has 0 spiro atoms. The van der Waals surface area contributed by atoms with Crippen molar-refractivity contribution < 1.29 is 4.79 Å². The van der Waals surface area contributed by atoms with E-state index in [9.17, 15) is 4.79 Å². The Labute approximate surface area is 115 Å². The maximum absolute atomic E-state index is 12.2. The quantitative estimate of drug-likeness (QED) is 0.697. The number of fused-ring (bicyclic) bond motifs is 1. The van der Waals surface area contributed by atoms with Crippen LogP contribution in [0.3, 0.4) is 0 Å². The molecule has 3 rings (SSSR count). The third-order valence-electron chi connectivity index (χ3n) is 2.98. The van der Waals surface area contributed by atoms with Crippen molar-refractivity contribution in [2.45, 2.75) is 0 Å². The zero-order chi connectivity index (χ0) is 13.9. The minimum Gasteiger partial charge on any atom is -0.398 e. The summed E-state index contributed by atoms with van der Waals surface area (Å²) in [6.45, 7) is 0. The Morgan fingerprint density at radius 2 is 1.70 bits per heavy atom. The van der Waals surface area contributed by atoms with Gasteiger partial charge in [-0.05, 0) is 22.9 Å². The molecule has 0 saturated carbocycles. The van der Waals surface area contributed by atoms with Crippen molar-refractivity contribution in [3.8, 4) is 0 Å². The molecule has 20 heavy (non-hydrogen) atoms. The number of nitrogens with one attached hydrogen (secondary N) is 1. The second-order valence-corrected chi connectivity index (χ2v) is 4.37. The molecule has 0 radical (unpaired) electrons. The Morgan fingerprint density at radius 3 is 2.40 bits per heavy atom. The number of carbonyl (C=O) groups excluding carboxylic acids is 1. The van der Waals surface area contributed by atoms with Crippen molar-refractivity contribution in [3.05, 3.63) is 60.7 Å². The van der Waals surface area contributed by atoms with Crippen molar-refractivity contribution in [2.75, 3.05) is 11.1 Å². The van der Waals surface area contributed by atoms with E-state index in [2.05, 4.69) is 15.3 Å². The van der Waals surface area contributed by atoms with Crippen LogP contribution in [0.5, 0.6) is 0 Å². The van der Waals surface area contributed by atoms with Crippen molar-refractivity contribution in [1.29, 1.82) is 0 Å². The highest BCUT2D eigenvalue weighted by Crippen LogP contribution is 2.22. The molecule has 0 atom stereocenters. The minimum atomic E-state index is -0.275. The Kier molecular flexibility index (Phi) is 3.01. The fraction of sp³-hybridized carbons (Fsp3) is 0. The largest absolute Gasteiger partial charge is 0.398 e. The molecule has 1 heterocycles. The molecule has 3 N–H and O–H groups in total. The summed E-state index contributed by atoms with van der Waals surface area (Å²) < 4.78 is 0. The molecule has 98 valence electrons. The van der Waals surface area contributed by atoms with Gasteiger partial charge in [0.1, 0.15) is 6.33 Å². The highest BCUT2D eigenvalue weighted by atomic mass is 16.1. The van der Waals surface area contributed by atoms with Crippen LogP contribution < -0.4 is 11.1 Å². The van der Waals surface area contributed by atoms with E-state index in [4.69, 9.17) is 5.73 Å². The van der Waals surface area contributed by atoms with Crippen LogP contribution in [0.4, 0.5) is 11.4 Å². The lowest BCUT2D eigenvalue weighted by atomic mass is 10.0. The molecule has 1 amide bonds. The van der Waals surface area contributed by atoms with Gasteiger partial charge in [0.05, 0.1) is 23.6 Å². The number of carbonyl (C=O) groups is 1. The number of nitrogen functional groups attached to an aromatic ring is 1. The first-order valence-corrected chi connectivity index (χ1v) is 6.08. The van der Waals surface area contributed by atoms with Crippen molar-refractivity contribution >= 4 is 28.1 Å². The summed E-state index contributed by atoms with van der Waals surface area (Å²) in [5.74, 6) is -0.275. The Bertz CT molecular complexity index is 771.